The number of aryl methyl sites for hydroxylation is 2. The van der Waals surface area contributed by atoms with Crippen molar-refractivity contribution < 1.29 is 0 Å². The molecule has 3 rings (SSSR count). The number of H-pyrrole nitrogens is 1. The zero-order valence-corrected chi connectivity index (χ0v) is 13.5. The maximum absolute atomic E-state index is 4.38. The minimum absolute atomic E-state index is 0.755. The fourth-order valence-electron chi connectivity index (χ4n) is 2.88. The van der Waals surface area contributed by atoms with Gasteiger partial charge in [-0.15, -0.1) is 11.3 Å². The van der Waals surface area contributed by atoms with Crippen molar-refractivity contribution in [2.75, 3.05) is 19.6 Å². The highest BCUT2D eigenvalue weighted by Gasteiger charge is 2.20. The van der Waals surface area contributed by atoms with Gasteiger partial charge in [0.1, 0.15) is 0 Å². The molecule has 1 aliphatic heterocycles. The molecule has 2 aromatic rings. The van der Waals surface area contributed by atoms with E-state index in [1.54, 1.807) is 11.3 Å². The third-order valence-electron chi connectivity index (χ3n) is 4.22. The lowest BCUT2D eigenvalue weighted by molar-refractivity contribution is 0.221. The Morgan fingerprint density at radius 2 is 2.29 bits per heavy atom. The standard InChI is InChI=1S/C15H23N5S/c1-11-14(6-18-19-11)8-20(7-13-3-4-16-5-13)9-15-12(2)17-10-21-15/h6,10,13,16H,3-5,7-9H2,1-2H3,(H,18,19). The molecule has 0 amide bonds. The zero-order valence-electron chi connectivity index (χ0n) is 12.7. The first-order valence-electron chi connectivity index (χ1n) is 7.53. The maximum Gasteiger partial charge on any atom is 0.0798 e. The molecule has 114 valence electrons. The second-order valence-electron chi connectivity index (χ2n) is 5.91. The maximum atomic E-state index is 4.38. The number of rotatable bonds is 6. The molecular formula is C15H23N5S. The van der Waals surface area contributed by atoms with Crippen LogP contribution < -0.4 is 5.32 Å². The summed E-state index contributed by atoms with van der Waals surface area (Å²) in [5, 5.41) is 10.6. The average molecular weight is 305 g/mol. The fourth-order valence-corrected chi connectivity index (χ4v) is 3.70. The zero-order chi connectivity index (χ0) is 14.7. The fraction of sp³-hybridized carbons (Fsp3) is 0.600. The highest BCUT2D eigenvalue weighted by Crippen LogP contribution is 2.20. The largest absolute Gasteiger partial charge is 0.316 e. The summed E-state index contributed by atoms with van der Waals surface area (Å²) in [6.07, 6.45) is 3.23. The van der Waals surface area contributed by atoms with Crippen molar-refractivity contribution in [3.63, 3.8) is 0 Å². The molecule has 1 fully saturated rings. The molecule has 3 heterocycles. The molecule has 0 spiro atoms. The molecule has 0 bridgehead atoms. The van der Waals surface area contributed by atoms with E-state index in [4.69, 9.17) is 0 Å². The number of nitrogens with one attached hydrogen (secondary N) is 2. The van der Waals surface area contributed by atoms with Crippen LogP contribution in [0.4, 0.5) is 0 Å². The van der Waals surface area contributed by atoms with Crippen LogP contribution in [0.1, 0.15) is 28.2 Å². The van der Waals surface area contributed by atoms with Crippen LogP contribution in [0.3, 0.4) is 0 Å². The molecule has 1 unspecified atom stereocenters. The number of aromatic amines is 1. The molecule has 1 saturated heterocycles. The van der Waals surface area contributed by atoms with Crippen molar-refractivity contribution in [2.24, 2.45) is 5.92 Å². The first-order chi connectivity index (χ1) is 10.2. The molecule has 0 aromatic carbocycles. The summed E-state index contributed by atoms with van der Waals surface area (Å²) in [6, 6.07) is 0. The lowest BCUT2D eigenvalue weighted by Gasteiger charge is -2.24. The van der Waals surface area contributed by atoms with Crippen LogP contribution in [0.15, 0.2) is 11.7 Å². The molecule has 0 radical (unpaired) electrons. The van der Waals surface area contributed by atoms with Crippen LogP contribution in [-0.4, -0.2) is 39.7 Å². The van der Waals surface area contributed by atoms with Crippen LogP contribution in [0.25, 0.3) is 0 Å². The SMILES string of the molecule is Cc1ncsc1CN(Cc1cn[nH]c1C)CC1CCNC1. The number of hydrogen-bond donors (Lipinski definition) is 2. The monoisotopic (exact) mass is 305 g/mol. The third-order valence-corrected chi connectivity index (χ3v) is 5.14. The highest BCUT2D eigenvalue weighted by molar-refractivity contribution is 7.09. The average Bonchev–Trinajstić information content (AvgIpc) is 3.17. The Labute approximate surface area is 129 Å². The molecule has 21 heavy (non-hydrogen) atoms. The second kappa shape index (κ2) is 6.68. The van der Waals surface area contributed by atoms with Crippen molar-refractivity contribution in [1.82, 2.24) is 25.4 Å². The van der Waals surface area contributed by atoms with Gasteiger partial charge in [0.05, 0.1) is 17.4 Å². The summed E-state index contributed by atoms with van der Waals surface area (Å²) in [5.74, 6) is 0.755. The minimum atomic E-state index is 0.755. The number of nitrogens with zero attached hydrogens (tertiary/aromatic N) is 3. The van der Waals surface area contributed by atoms with Gasteiger partial charge in [0.2, 0.25) is 0 Å². The summed E-state index contributed by atoms with van der Waals surface area (Å²) in [7, 11) is 0. The van der Waals surface area contributed by atoms with Gasteiger partial charge in [-0.2, -0.15) is 5.10 Å². The van der Waals surface area contributed by atoms with Crippen molar-refractivity contribution in [2.45, 2.75) is 33.4 Å². The Balaban J connectivity index is 1.70. The summed E-state index contributed by atoms with van der Waals surface area (Å²) in [4.78, 5) is 8.29. The molecule has 2 N–H and O–H groups in total. The Bertz CT molecular complexity index is 528. The van der Waals surface area contributed by atoms with Crippen LogP contribution in [0.5, 0.6) is 0 Å². The Hall–Kier alpha value is -1.24. The predicted octanol–water partition coefficient (Wildman–Crippen LogP) is 2.09. The van der Waals surface area contributed by atoms with Crippen LogP contribution in [-0.2, 0) is 13.1 Å². The minimum Gasteiger partial charge on any atom is -0.316 e. The molecule has 1 aliphatic rings. The lowest BCUT2D eigenvalue weighted by Crippen LogP contribution is -2.30. The van der Waals surface area contributed by atoms with Crippen LogP contribution in [0, 0.1) is 19.8 Å². The third kappa shape index (κ3) is 3.70. The van der Waals surface area contributed by atoms with Gasteiger partial charge in [0.15, 0.2) is 0 Å². The van der Waals surface area contributed by atoms with E-state index in [0.29, 0.717) is 0 Å². The van der Waals surface area contributed by atoms with E-state index in [-0.39, 0.29) is 0 Å². The number of thiazole rings is 1. The summed E-state index contributed by atoms with van der Waals surface area (Å²) in [6.45, 7) is 9.56. The van der Waals surface area contributed by atoms with Crippen LogP contribution >= 0.6 is 11.3 Å². The van der Waals surface area contributed by atoms with E-state index < -0.39 is 0 Å². The van der Waals surface area contributed by atoms with Gasteiger partial charge in [0, 0.05) is 35.8 Å². The van der Waals surface area contributed by atoms with E-state index in [2.05, 4.69) is 39.2 Å². The van der Waals surface area contributed by atoms with Crippen molar-refractivity contribution in [3.05, 3.63) is 33.5 Å². The Morgan fingerprint density at radius 1 is 1.38 bits per heavy atom. The summed E-state index contributed by atoms with van der Waals surface area (Å²) < 4.78 is 0. The van der Waals surface area contributed by atoms with E-state index in [9.17, 15) is 0 Å². The first kappa shape index (κ1) is 14.7. The van der Waals surface area contributed by atoms with Crippen LogP contribution in [0.2, 0.25) is 0 Å². The van der Waals surface area contributed by atoms with E-state index >= 15 is 0 Å². The molecule has 0 aliphatic carbocycles. The van der Waals surface area contributed by atoms with Crippen molar-refractivity contribution >= 4 is 11.3 Å². The summed E-state index contributed by atoms with van der Waals surface area (Å²) in [5.41, 5.74) is 5.58. The van der Waals surface area contributed by atoms with Gasteiger partial charge in [-0.3, -0.25) is 10.00 Å². The van der Waals surface area contributed by atoms with Crippen molar-refractivity contribution in [1.29, 1.82) is 0 Å². The van der Waals surface area contributed by atoms with Gasteiger partial charge in [-0.25, -0.2) is 4.98 Å². The number of aromatic nitrogens is 3. The van der Waals surface area contributed by atoms with E-state index in [0.717, 1.165) is 38.6 Å². The smallest absolute Gasteiger partial charge is 0.0798 e. The predicted molar refractivity (Wildman–Crippen MR) is 85.3 cm³/mol. The molecule has 2 aromatic heterocycles. The summed E-state index contributed by atoms with van der Waals surface area (Å²) >= 11 is 1.76. The molecule has 1 atom stereocenters. The topological polar surface area (TPSA) is 56.8 Å². The normalized spacial score (nSPS) is 18.7. The quantitative estimate of drug-likeness (QED) is 0.858. The van der Waals surface area contributed by atoms with Gasteiger partial charge >= 0.3 is 0 Å². The Morgan fingerprint density at radius 3 is 2.90 bits per heavy atom. The van der Waals surface area contributed by atoms with Crippen molar-refractivity contribution in [3.8, 4) is 0 Å². The van der Waals surface area contributed by atoms with E-state index in [1.165, 1.54) is 28.2 Å². The van der Waals surface area contributed by atoms with Gasteiger partial charge < -0.3 is 5.32 Å². The van der Waals surface area contributed by atoms with E-state index in [1.807, 2.05) is 11.7 Å². The second-order valence-corrected chi connectivity index (χ2v) is 6.85. The molecular weight excluding hydrogens is 282 g/mol. The van der Waals surface area contributed by atoms with Gasteiger partial charge in [-0.05, 0) is 39.3 Å². The van der Waals surface area contributed by atoms with Gasteiger partial charge in [-0.1, -0.05) is 0 Å². The molecule has 6 heteroatoms. The number of hydrogen-bond acceptors (Lipinski definition) is 5. The molecule has 5 nitrogen and oxygen atoms in total. The molecule has 0 saturated carbocycles. The first-order valence-corrected chi connectivity index (χ1v) is 8.41. The Kier molecular flexibility index (Phi) is 4.67. The van der Waals surface area contributed by atoms with Gasteiger partial charge in [0.25, 0.3) is 0 Å². The lowest BCUT2D eigenvalue weighted by atomic mass is 10.1. The highest BCUT2D eigenvalue weighted by atomic mass is 32.1.